The quantitative estimate of drug-likeness (QED) is 0.493. The highest BCUT2D eigenvalue weighted by molar-refractivity contribution is 5.89. The molecule has 4 N–H and O–H groups in total. The van der Waals surface area contributed by atoms with Gasteiger partial charge in [0.25, 0.3) is 5.91 Å². The molecule has 1 rings (SSSR count). The van der Waals surface area contributed by atoms with Gasteiger partial charge in [-0.2, -0.15) is 0 Å². The normalized spacial score (nSPS) is 12.3. The Balaban J connectivity index is 2.41. The number of carbonyl (C=O) groups excluding carboxylic acids is 1. The third kappa shape index (κ3) is 6.32. The maximum atomic E-state index is 11.0. The lowest BCUT2D eigenvalue weighted by molar-refractivity contribution is 0.0972. The lowest BCUT2D eigenvalue weighted by Gasteiger charge is -2.30. The SMILES string of the molecule is CN=C(NCCN(C(C)C)C(C)C)NCc1ccc(C(N)=O)o1. The summed E-state index contributed by atoms with van der Waals surface area (Å²) >= 11 is 0. The number of amides is 1. The summed E-state index contributed by atoms with van der Waals surface area (Å²) in [4.78, 5) is 17.6. The van der Waals surface area contributed by atoms with Gasteiger partial charge in [0.1, 0.15) is 5.76 Å². The fraction of sp³-hybridized carbons (Fsp3) is 0.625. The monoisotopic (exact) mass is 323 g/mol. The minimum absolute atomic E-state index is 0.161. The Morgan fingerprint density at radius 1 is 1.26 bits per heavy atom. The van der Waals surface area contributed by atoms with Crippen molar-refractivity contribution >= 4 is 11.9 Å². The average molecular weight is 323 g/mol. The summed E-state index contributed by atoms with van der Waals surface area (Å²) in [5.74, 6) is 0.915. The van der Waals surface area contributed by atoms with Crippen LogP contribution < -0.4 is 16.4 Å². The highest BCUT2D eigenvalue weighted by Crippen LogP contribution is 2.06. The van der Waals surface area contributed by atoms with Crippen molar-refractivity contribution < 1.29 is 9.21 Å². The molecule has 7 heteroatoms. The molecule has 0 spiro atoms. The van der Waals surface area contributed by atoms with Crippen LogP contribution in [0.25, 0.3) is 0 Å². The average Bonchev–Trinajstić information content (AvgIpc) is 2.94. The number of primary amides is 1. The largest absolute Gasteiger partial charge is 0.454 e. The molecule has 0 aromatic carbocycles. The van der Waals surface area contributed by atoms with Crippen molar-refractivity contribution in [1.82, 2.24) is 15.5 Å². The van der Waals surface area contributed by atoms with Gasteiger partial charge >= 0.3 is 0 Å². The van der Waals surface area contributed by atoms with Crippen LogP contribution in [0.1, 0.15) is 44.0 Å². The second-order valence-corrected chi connectivity index (χ2v) is 5.91. The molecule has 1 aromatic rings. The van der Waals surface area contributed by atoms with Crippen LogP contribution in [0.2, 0.25) is 0 Å². The van der Waals surface area contributed by atoms with Crippen LogP contribution in [-0.4, -0.2) is 49.0 Å². The number of rotatable bonds is 8. The molecular formula is C16H29N5O2. The zero-order chi connectivity index (χ0) is 17.4. The van der Waals surface area contributed by atoms with Crippen LogP contribution in [0.5, 0.6) is 0 Å². The Morgan fingerprint density at radius 3 is 2.39 bits per heavy atom. The van der Waals surface area contributed by atoms with Gasteiger partial charge in [-0.3, -0.25) is 14.7 Å². The zero-order valence-electron chi connectivity index (χ0n) is 14.7. The molecule has 130 valence electrons. The number of hydrogen-bond acceptors (Lipinski definition) is 4. The maximum absolute atomic E-state index is 11.0. The van der Waals surface area contributed by atoms with Crippen LogP contribution in [-0.2, 0) is 6.54 Å². The summed E-state index contributed by atoms with van der Waals surface area (Å²) in [6.07, 6.45) is 0. The lowest BCUT2D eigenvalue weighted by atomic mass is 10.2. The summed E-state index contributed by atoms with van der Waals surface area (Å²) in [6.45, 7) is 10.9. The molecule has 0 aliphatic carbocycles. The number of hydrogen-bond donors (Lipinski definition) is 3. The fourth-order valence-electron chi connectivity index (χ4n) is 2.41. The molecular weight excluding hydrogens is 294 g/mol. The van der Waals surface area contributed by atoms with Crippen LogP contribution in [0.15, 0.2) is 21.5 Å². The van der Waals surface area contributed by atoms with E-state index in [0.717, 1.165) is 13.1 Å². The molecule has 0 saturated carbocycles. The Morgan fingerprint density at radius 2 is 1.91 bits per heavy atom. The van der Waals surface area contributed by atoms with E-state index in [1.165, 1.54) is 0 Å². The topological polar surface area (TPSA) is 95.9 Å². The summed E-state index contributed by atoms with van der Waals surface area (Å²) in [5, 5.41) is 6.42. The first-order valence-electron chi connectivity index (χ1n) is 7.94. The van der Waals surface area contributed by atoms with Crippen molar-refractivity contribution in [2.24, 2.45) is 10.7 Å². The number of guanidine groups is 1. The van der Waals surface area contributed by atoms with Crippen molar-refractivity contribution in [2.45, 2.75) is 46.3 Å². The third-order valence-corrected chi connectivity index (χ3v) is 3.55. The van der Waals surface area contributed by atoms with E-state index in [0.29, 0.717) is 30.3 Å². The van der Waals surface area contributed by atoms with Crippen molar-refractivity contribution in [2.75, 3.05) is 20.1 Å². The molecule has 0 saturated heterocycles. The van der Waals surface area contributed by atoms with Gasteiger partial charge < -0.3 is 20.8 Å². The molecule has 1 heterocycles. The first-order chi connectivity index (χ1) is 10.8. The first kappa shape index (κ1) is 19.0. The summed E-state index contributed by atoms with van der Waals surface area (Å²) in [6, 6.07) is 4.29. The molecule has 0 aliphatic heterocycles. The highest BCUT2D eigenvalue weighted by Gasteiger charge is 2.13. The summed E-state index contributed by atoms with van der Waals surface area (Å²) < 4.78 is 5.32. The number of furan rings is 1. The van der Waals surface area contributed by atoms with Gasteiger partial charge in [0, 0.05) is 32.2 Å². The molecule has 1 amide bonds. The Kier molecular flexibility index (Phi) is 7.61. The standard InChI is InChI=1S/C16H29N5O2/c1-11(2)21(12(3)4)9-8-19-16(18-5)20-10-13-6-7-14(23-13)15(17)22/h6-7,11-12H,8-10H2,1-5H3,(H2,17,22)(H2,18,19,20). The third-order valence-electron chi connectivity index (χ3n) is 3.55. The van der Waals surface area contributed by atoms with E-state index in [2.05, 4.69) is 48.2 Å². The fourth-order valence-corrected chi connectivity index (χ4v) is 2.41. The van der Waals surface area contributed by atoms with E-state index in [9.17, 15) is 4.79 Å². The molecule has 7 nitrogen and oxygen atoms in total. The summed E-state index contributed by atoms with van der Waals surface area (Å²) in [7, 11) is 1.72. The van der Waals surface area contributed by atoms with Crippen LogP contribution >= 0.6 is 0 Å². The first-order valence-corrected chi connectivity index (χ1v) is 7.94. The molecule has 0 fully saturated rings. The molecule has 0 atom stereocenters. The van der Waals surface area contributed by atoms with Gasteiger partial charge in [0.15, 0.2) is 11.7 Å². The number of nitrogens with zero attached hydrogens (tertiary/aromatic N) is 2. The van der Waals surface area contributed by atoms with E-state index >= 15 is 0 Å². The molecule has 0 bridgehead atoms. The van der Waals surface area contributed by atoms with Crippen molar-refractivity contribution in [3.63, 3.8) is 0 Å². The van der Waals surface area contributed by atoms with Crippen LogP contribution in [0.3, 0.4) is 0 Å². The molecule has 23 heavy (non-hydrogen) atoms. The van der Waals surface area contributed by atoms with E-state index in [1.807, 2.05) is 0 Å². The Labute approximate surface area is 138 Å². The van der Waals surface area contributed by atoms with Crippen LogP contribution in [0.4, 0.5) is 0 Å². The zero-order valence-corrected chi connectivity index (χ0v) is 14.7. The minimum Gasteiger partial charge on any atom is -0.454 e. The van der Waals surface area contributed by atoms with E-state index < -0.39 is 5.91 Å². The van der Waals surface area contributed by atoms with Gasteiger partial charge in [-0.25, -0.2) is 0 Å². The van der Waals surface area contributed by atoms with Crippen molar-refractivity contribution in [1.29, 1.82) is 0 Å². The van der Waals surface area contributed by atoms with Gasteiger partial charge in [-0.15, -0.1) is 0 Å². The van der Waals surface area contributed by atoms with Gasteiger partial charge in [0.05, 0.1) is 6.54 Å². The second-order valence-electron chi connectivity index (χ2n) is 5.91. The molecule has 0 unspecified atom stereocenters. The minimum atomic E-state index is -0.568. The number of nitrogens with one attached hydrogen (secondary N) is 2. The van der Waals surface area contributed by atoms with Crippen LogP contribution in [0, 0.1) is 0 Å². The molecule has 0 radical (unpaired) electrons. The lowest BCUT2D eigenvalue weighted by Crippen LogP contribution is -2.45. The Bertz CT molecular complexity index is 514. The number of carbonyl (C=O) groups is 1. The smallest absolute Gasteiger partial charge is 0.284 e. The Hall–Kier alpha value is -2.02. The van der Waals surface area contributed by atoms with Gasteiger partial charge in [0.2, 0.25) is 0 Å². The van der Waals surface area contributed by atoms with Crippen molar-refractivity contribution in [3.05, 3.63) is 23.7 Å². The summed E-state index contributed by atoms with van der Waals surface area (Å²) in [5.41, 5.74) is 5.16. The predicted molar refractivity (Wildman–Crippen MR) is 92.4 cm³/mol. The number of aliphatic imine (C=N–C) groups is 1. The van der Waals surface area contributed by atoms with Gasteiger partial charge in [-0.1, -0.05) is 0 Å². The second kappa shape index (κ2) is 9.19. The number of nitrogens with two attached hydrogens (primary N) is 1. The van der Waals surface area contributed by atoms with Crippen molar-refractivity contribution in [3.8, 4) is 0 Å². The predicted octanol–water partition coefficient (Wildman–Crippen LogP) is 1.16. The van der Waals surface area contributed by atoms with E-state index in [1.54, 1.807) is 19.2 Å². The highest BCUT2D eigenvalue weighted by atomic mass is 16.3. The van der Waals surface area contributed by atoms with Gasteiger partial charge in [-0.05, 0) is 39.8 Å². The van der Waals surface area contributed by atoms with E-state index in [-0.39, 0.29) is 5.76 Å². The van der Waals surface area contributed by atoms with E-state index in [4.69, 9.17) is 10.2 Å². The molecule has 1 aromatic heterocycles. The maximum Gasteiger partial charge on any atom is 0.284 e. The molecule has 0 aliphatic rings.